The van der Waals surface area contributed by atoms with Gasteiger partial charge in [0.15, 0.2) is 5.58 Å². The van der Waals surface area contributed by atoms with Crippen LogP contribution in [0.25, 0.3) is 11.1 Å². The molecule has 1 N–H and O–H groups in total. The number of oxazole rings is 1. The molecule has 1 aromatic carbocycles. The third-order valence-electron chi connectivity index (χ3n) is 5.00. The van der Waals surface area contributed by atoms with E-state index in [1.807, 2.05) is 44.2 Å². The summed E-state index contributed by atoms with van der Waals surface area (Å²) in [4.78, 5) is 18.8. The first-order valence-corrected chi connectivity index (χ1v) is 9.58. The molecule has 0 saturated carbocycles. The van der Waals surface area contributed by atoms with Gasteiger partial charge >= 0.3 is 0 Å². The van der Waals surface area contributed by atoms with E-state index >= 15 is 0 Å². The second-order valence-corrected chi connectivity index (χ2v) is 7.28. The van der Waals surface area contributed by atoms with Gasteiger partial charge in [0.05, 0.1) is 6.04 Å². The van der Waals surface area contributed by atoms with E-state index in [0.29, 0.717) is 6.01 Å². The molecule has 3 heterocycles. The number of aromatic nitrogens is 3. The number of benzene rings is 1. The van der Waals surface area contributed by atoms with Gasteiger partial charge in [-0.2, -0.15) is 10.1 Å². The molecule has 7 nitrogen and oxygen atoms in total. The molecule has 4 rings (SSSR count). The normalized spacial score (nSPS) is 17.6. The molecule has 3 aromatic rings. The van der Waals surface area contributed by atoms with E-state index < -0.39 is 0 Å². The summed E-state index contributed by atoms with van der Waals surface area (Å²) in [5.74, 6) is 0.854. The Bertz CT molecular complexity index is 945. The Kier molecular flexibility index (Phi) is 4.83. The lowest BCUT2D eigenvalue weighted by molar-refractivity contribution is 0.449. The van der Waals surface area contributed by atoms with Crippen LogP contribution in [0.4, 0.5) is 11.8 Å². The van der Waals surface area contributed by atoms with Crippen molar-refractivity contribution in [3.63, 3.8) is 0 Å². The second-order valence-electron chi connectivity index (χ2n) is 7.28. The van der Waals surface area contributed by atoms with Crippen molar-refractivity contribution in [3.8, 4) is 0 Å². The Hall–Kier alpha value is -2.83. The number of piperidine rings is 1. The number of hydrogen-bond acceptors (Lipinski definition) is 6. The zero-order valence-corrected chi connectivity index (χ0v) is 15.8. The standard InChI is InChI=1S/C20H25N5O2/c1-14(2)25-19(26)11-10-18(23-25)24-12-6-5-7-15(24)13-21-20-22-16-8-3-4-9-17(16)27-20/h3-4,8-11,14-15H,5-7,12-13H2,1-2H3,(H,21,22). The molecule has 7 heteroatoms. The van der Waals surface area contributed by atoms with E-state index in [4.69, 9.17) is 4.42 Å². The van der Waals surface area contributed by atoms with E-state index in [0.717, 1.165) is 42.8 Å². The van der Waals surface area contributed by atoms with E-state index in [2.05, 4.69) is 20.3 Å². The molecule has 1 unspecified atom stereocenters. The highest BCUT2D eigenvalue weighted by atomic mass is 16.4. The smallest absolute Gasteiger partial charge is 0.295 e. The number of anilines is 2. The number of fused-ring (bicyclic) bond motifs is 1. The quantitative estimate of drug-likeness (QED) is 0.744. The van der Waals surface area contributed by atoms with Crippen molar-refractivity contribution < 1.29 is 4.42 Å². The topological polar surface area (TPSA) is 76.2 Å². The monoisotopic (exact) mass is 367 g/mol. The molecule has 1 saturated heterocycles. The van der Waals surface area contributed by atoms with Gasteiger partial charge in [0.1, 0.15) is 11.3 Å². The summed E-state index contributed by atoms with van der Waals surface area (Å²) in [5.41, 5.74) is 1.57. The Balaban J connectivity index is 1.52. The number of hydrogen-bond donors (Lipinski definition) is 1. The summed E-state index contributed by atoms with van der Waals surface area (Å²) >= 11 is 0. The van der Waals surface area contributed by atoms with Gasteiger partial charge in [-0.1, -0.05) is 12.1 Å². The number of rotatable bonds is 5. The summed E-state index contributed by atoms with van der Waals surface area (Å²) < 4.78 is 7.32. The molecule has 1 atom stereocenters. The van der Waals surface area contributed by atoms with Crippen LogP contribution in [0.3, 0.4) is 0 Å². The van der Waals surface area contributed by atoms with Crippen LogP contribution >= 0.6 is 0 Å². The highest BCUT2D eigenvalue weighted by molar-refractivity contribution is 5.74. The predicted molar refractivity (Wildman–Crippen MR) is 106 cm³/mol. The minimum atomic E-state index is -0.0630. The van der Waals surface area contributed by atoms with Crippen molar-refractivity contribution in [1.82, 2.24) is 14.8 Å². The molecule has 0 bridgehead atoms. The largest absolute Gasteiger partial charge is 0.424 e. The van der Waals surface area contributed by atoms with Crippen molar-refractivity contribution in [2.45, 2.75) is 45.2 Å². The maximum absolute atomic E-state index is 12.0. The lowest BCUT2D eigenvalue weighted by Gasteiger charge is -2.36. The van der Waals surface area contributed by atoms with Crippen LogP contribution in [0.2, 0.25) is 0 Å². The lowest BCUT2D eigenvalue weighted by Crippen LogP contribution is -2.45. The van der Waals surface area contributed by atoms with Crippen LogP contribution in [0.15, 0.2) is 45.6 Å². The Morgan fingerprint density at radius 3 is 2.89 bits per heavy atom. The molecular formula is C20H25N5O2. The molecule has 0 spiro atoms. The molecule has 0 amide bonds. The number of para-hydroxylation sites is 2. The summed E-state index contributed by atoms with van der Waals surface area (Å²) in [5, 5.41) is 7.94. The van der Waals surface area contributed by atoms with Gasteiger partial charge in [0.2, 0.25) is 0 Å². The first-order valence-electron chi connectivity index (χ1n) is 9.58. The SMILES string of the molecule is CC(C)n1nc(N2CCCCC2CNc2nc3ccccc3o2)ccc1=O. The van der Waals surface area contributed by atoms with Gasteiger partial charge in [0.25, 0.3) is 11.6 Å². The van der Waals surface area contributed by atoms with Crippen LogP contribution in [-0.4, -0.2) is 33.9 Å². The molecule has 1 aliphatic heterocycles. The molecule has 0 radical (unpaired) electrons. The molecule has 27 heavy (non-hydrogen) atoms. The van der Waals surface area contributed by atoms with Crippen molar-refractivity contribution in [2.75, 3.05) is 23.3 Å². The average Bonchev–Trinajstić information content (AvgIpc) is 3.10. The second kappa shape index (κ2) is 7.42. The van der Waals surface area contributed by atoms with E-state index in [1.54, 1.807) is 10.7 Å². The summed E-state index contributed by atoms with van der Waals surface area (Å²) in [7, 11) is 0. The lowest BCUT2D eigenvalue weighted by atomic mass is 10.0. The maximum Gasteiger partial charge on any atom is 0.295 e. The van der Waals surface area contributed by atoms with Crippen molar-refractivity contribution in [3.05, 3.63) is 46.8 Å². The fourth-order valence-electron chi connectivity index (χ4n) is 3.61. The van der Waals surface area contributed by atoms with Gasteiger partial charge in [-0.3, -0.25) is 4.79 Å². The zero-order valence-electron chi connectivity index (χ0n) is 15.8. The van der Waals surface area contributed by atoms with Crippen LogP contribution in [0.5, 0.6) is 0 Å². The zero-order chi connectivity index (χ0) is 18.8. The van der Waals surface area contributed by atoms with Gasteiger partial charge in [-0.25, -0.2) is 4.68 Å². The molecule has 0 aliphatic carbocycles. The first-order chi connectivity index (χ1) is 13.1. The molecule has 1 aliphatic rings. The fraction of sp³-hybridized carbons (Fsp3) is 0.450. The van der Waals surface area contributed by atoms with Gasteiger partial charge in [0, 0.05) is 25.2 Å². The van der Waals surface area contributed by atoms with E-state index in [-0.39, 0.29) is 17.6 Å². The Morgan fingerprint density at radius 1 is 1.22 bits per heavy atom. The first kappa shape index (κ1) is 17.6. The van der Waals surface area contributed by atoms with Crippen LogP contribution in [0, 0.1) is 0 Å². The molecule has 1 fully saturated rings. The summed E-state index contributed by atoms with van der Waals surface area (Å²) in [6, 6.07) is 12.1. The van der Waals surface area contributed by atoms with Gasteiger partial charge < -0.3 is 14.6 Å². The van der Waals surface area contributed by atoms with Gasteiger partial charge in [-0.15, -0.1) is 0 Å². The Labute approximate surface area is 158 Å². The minimum Gasteiger partial charge on any atom is -0.424 e. The van der Waals surface area contributed by atoms with Gasteiger partial charge in [-0.05, 0) is 51.3 Å². The van der Waals surface area contributed by atoms with Crippen molar-refractivity contribution in [2.24, 2.45) is 0 Å². The maximum atomic E-state index is 12.0. The number of nitrogens with zero attached hydrogens (tertiary/aromatic N) is 4. The summed E-state index contributed by atoms with van der Waals surface area (Å²) in [6.45, 7) is 5.60. The van der Waals surface area contributed by atoms with E-state index in [1.165, 1.54) is 6.42 Å². The molecule has 2 aromatic heterocycles. The number of nitrogens with one attached hydrogen (secondary N) is 1. The van der Waals surface area contributed by atoms with E-state index in [9.17, 15) is 4.79 Å². The average molecular weight is 367 g/mol. The minimum absolute atomic E-state index is 0.0403. The molecular weight excluding hydrogens is 342 g/mol. The van der Waals surface area contributed by atoms with Crippen LogP contribution in [0.1, 0.15) is 39.2 Å². The summed E-state index contributed by atoms with van der Waals surface area (Å²) in [6.07, 6.45) is 3.37. The van der Waals surface area contributed by atoms with Crippen LogP contribution < -0.4 is 15.8 Å². The third-order valence-corrected chi connectivity index (χ3v) is 5.00. The van der Waals surface area contributed by atoms with Crippen molar-refractivity contribution >= 4 is 22.9 Å². The van der Waals surface area contributed by atoms with Crippen molar-refractivity contribution in [1.29, 1.82) is 0 Å². The third kappa shape index (κ3) is 3.67. The fourth-order valence-corrected chi connectivity index (χ4v) is 3.61. The Morgan fingerprint density at radius 2 is 2.07 bits per heavy atom. The van der Waals surface area contributed by atoms with Crippen LogP contribution in [-0.2, 0) is 0 Å². The molecule has 142 valence electrons. The highest BCUT2D eigenvalue weighted by Crippen LogP contribution is 2.24. The highest BCUT2D eigenvalue weighted by Gasteiger charge is 2.24. The predicted octanol–water partition coefficient (Wildman–Crippen LogP) is 3.44.